The van der Waals surface area contributed by atoms with Crippen molar-refractivity contribution in [2.24, 2.45) is 0 Å². The Hall–Kier alpha value is -1.51. The number of carbonyl (C=O) groups excluding carboxylic acids is 1. The molecule has 3 nitrogen and oxygen atoms in total. The van der Waals surface area contributed by atoms with E-state index in [1.807, 2.05) is 0 Å². The molecule has 0 heterocycles. The van der Waals surface area contributed by atoms with Gasteiger partial charge in [-0.25, -0.2) is 4.79 Å². The van der Waals surface area contributed by atoms with Crippen LogP contribution in [0.3, 0.4) is 0 Å². The van der Waals surface area contributed by atoms with E-state index in [-0.39, 0.29) is 11.4 Å². The second kappa shape index (κ2) is 6.09. The molecule has 1 aliphatic carbocycles. The van der Waals surface area contributed by atoms with Gasteiger partial charge in [0.25, 0.3) is 0 Å². The Morgan fingerprint density at radius 1 is 1.21 bits per heavy atom. The van der Waals surface area contributed by atoms with Crippen molar-refractivity contribution in [3.63, 3.8) is 0 Å². The predicted octanol–water partition coefficient (Wildman–Crippen LogP) is 3.13. The summed E-state index contributed by atoms with van der Waals surface area (Å²) in [4.78, 5) is 11.7. The van der Waals surface area contributed by atoms with Gasteiger partial charge < -0.3 is 10.6 Å². The van der Waals surface area contributed by atoms with Crippen LogP contribution in [0.2, 0.25) is 0 Å². The molecule has 104 valence electrons. The first-order valence-corrected chi connectivity index (χ1v) is 7.25. The van der Waals surface area contributed by atoms with Crippen LogP contribution >= 0.6 is 0 Å². The number of nitrogens with one attached hydrogen (secondary N) is 2. The van der Waals surface area contributed by atoms with E-state index in [0.717, 1.165) is 25.9 Å². The molecule has 0 bridgehead atoms. The van der Waals surface area contributed by atoms with E-state index >= 15 is 0 Å². The first-order valence-electron chi connectivity index (χ1n) is 7.25. The molecule has 0 spiro atoms. The van der Waals surface area contributed by atoms with Crippen molar-refractivity contribution in [1.29, 1.82) is 0 Å². The van der Waals surface area contributed by atoms with Gasteiger partial charge in [-0.15, -0.1) is 0 Å². The molecular weight excluding hydrogens is 236 g/mol. The summed E-state index contributed by atoms with van der Waals surface area (Å²) >= 11 is 0. The van der Waals surface area contributed by atoms with E-state index in [4.69, 9.17) is 0 Å². The van der Waals surface area contributed by atoms with E-state index in [2.05, 4.69) is 48.7 Å². The van der Waals surface area contributed by atoms with Gasteiger partial charge in [0.2, 0.25) is 0 Å². The molecule has 0 saturated heterocycles. The maximum Gasteiger partial charge on any atom is 0.314 e. The van der Waals surface area contributed by atoms with E-state index in [0.29, 0.717) is 0 Å². The van der Waals surface area contributed by atoms with Gasteiger partial charge in [-0.2, -0.15) is 0 Å². The lowest BCUT2D eigenvalue weighted by Crippen LogP contribution is -2.40. The van der Waals surface area contributed by atoms with Crippen molar-refractivity contribution in [2.45, 2.75) is 44.9 Å². The lowest BCUT2D eigenvalue weighted by molar-refractivity contribution is 0.239. The summed E-state index contributed by atoms with van der Waals surface area (Å²) in [5.41, 5.74) is 2.83. The molecule has 1 aliphatic rings. The molecule has 19 heavy (non-hydrogen) atoms. The smallest absolute Gasteiger partial charge is 0.314 e. The minimum atomic E-state index is -0.0353. The van der Waals surface area contributed by atoms with Crippen LogP contribution in [0.25, 0.3) is 0 Å². The third-order valence-electron chi connectivity index (χ3n) is 3.92. The highest BCUT2D eigenvalue weighted by atomic mass is 16.2. The van der Waals surface area contributed by atoms with Crippen LogP contribution in [0.15, 0.2) is 24.3 Å². The SMILES string of the molecule is CCCCNC(=O)NCC1(c2ccc(C)cc2)CC1. The highest BCUT2D eigenvalue weighted by molar-refractivity contribution is 5.74. The molecule has 0 radical (unpaired) electrons. The molecule has 2 amide bonds. The second-order valence-corrected chi connectivity index (χ2v) is 5.61. The Morgan fingerprint density at radius 3 is 2.47 bits per heavy atom. The number of unbranched alkanes of at least 4 members (excludes halogenated alkanes) is 1. The van der Waals surface area contributed by atoms with Crippen molar-refractivity contribution < 1.29 is 4.79 Å². The molecule has 2 rings (SSSR count). The number of hydrogen-bond acceptors (Lipinski definition) is 1. The number of aryl methyl sites for hydroxylation is 1. The van der Waals surface area contributed by atoms with Gasteiger partial charge >= 0.3 is 6.03 Å². The third-order valence-corrected chi connectivity index (χ3v) is 3.92. The lowest BCUT2D eigenvalue weighted by atomic mass is 9.95. The summed E-state index contributed by atoms with van der Waals surface area (Å²) in [7, 11) is 0. The van der Waals surface area contributed by atoms with Gasteiger partial charge in [0.1, 0.15) is 0 Å². The Labute approximate surface area is 115 Å². The van der Waals surface area contributed by atoms with Gasteiger partial charge in [-0.05, 0) is 31.7 Å². The van der Waals surface area contributed by atoms with Gasteiger partial charge in [-0.1, -0.05) is 43.2 Å². The zero-order valence-electron chi connectivity index (χ0n) is 12.0. The van der Waals surface area contributed by atoms with Crippen LogP contribution in [0, 0.1) is 6.92 Å². The largest absolute Gasteiger partial charge is 0.338 e. The molecule has 1 aromatic carbocycles. The number of urea groups is 1. The number of carbonyl (C=O) groups is 1. The van der Waals surface area contributed by atoms with Crippen LogP contribution in [0.5, 0.6) is 0 Å². The summed E-state index contributed by atoms with van der Waals surface area (Å²) < 4.78 is 0. The average Bonchev–Trinajstić information content (AvgIpc) is 3.19. The van der Waals surface area contributed by atoms with Crippen LogP contribution < -0.4 is 10.6 Å². The number of amides is 2. The van der Waals surface area contributed by atoms with Gasteiger partial charge in [0.05, 0.1) is 0 Å². The Kier molecular flexibility index (Phi) is 4.46. The van der Waals surface area contributed by atoms with Gasteiger partial charge in [-0.3, -0.25) is 0 Å². The minimum Gasteiger partial charge on any atom is -0.338 e. The van der Waals surface area contributed by atoms with Crippen molar-refractivity contribution >= 4 is 6.03 Å². The summed E-state index contributed by atoms with van der Waals surface area (Å²) in [6.07, 6.45) is 4.49. The fourth-order valence-corrected chi connectivity index (χ4v) is 2.32. The maximum absolute atomic E-state index is 11.7. The Morgan fingerprint density at radius 2 is 1.89 bits per heavy atom. The molecule has 1 aromatic rings. The van der Waals surface area contributed by atoms with Crippen molar-refractivity contribution in [2.75, 3.05) is 13.1 Å². The molecule has 0 aliphatic heterocycles. The van der Waals surface area contributed by atoms with E-state index in [9.17, 15) is 4.79 Å². The zero-order valence-corrected chi connectivity index (χ0v) is 12.0. The van der Waals surface area contributed by atoms with Gasteiger partial charge in [0.15, 0.2) is 0 Å². The molecule has 0 aromatic heterocycles. The van der Waals surface area contributed by atoms with E-state index in [1.54, 1.807) is 0 Å². The highest BCUT2D eigenvalue weighted by Crippen LogP contribution is 2.47. The fraction of sp³-hybridized carbons (Fsp3) is 0.562. The third kappa shape index (κ3) is 3.72. The van der Waals surface area contributed by atoms with Crippen LogP contribution in [-0.2, 0) is 5.41 Å². The number of rotatable bonds is 6. The first-order chi connectivity index (χ1) is 9.16. The molecule has 0 atom stereocenters. The average molecular weight is 260 g/mol. The monoisotopic (exact) mass is 260 g/mol. The summed E-state index contributed by atoms with van der Waals surface area (Å²) in [5, 5.41) is 5.90. The molecule has 3 heteroatoms. The molecule has 2 N–H and O–H groups in total. The van der Waals surface area contributed by atoms with Crippen LogP contribution in [0.1, 0.15) is 43.7 Å². The number of hydrogen-bond donors (Lipinski definition) is 2. The Bertz CT molecular complexity index is 421. The van der Waals surface area contributed by atoms with Crippen LogP contribution in [0.4, 0.5) is 4.79 Å². The lowest BCUT2D eigenvalue weighted by Gasteiger charge is -2.17. The second-order valence-electron chi connectivity index (χ2n) is 5.61. The molecular formula is C16H24N2O. The molecule has 1 saturated carbocycles. The quantitative estimate of drug-likeness (QED) is 0.758. The van der Waals surface area contributed by atoms with Crippen LogP contribution in [-0.4, -0.2) is 19.1 Å². The molecule has 0 unspecified atom stereocenters. The normalized spacial score (nSPS) is 15.9. The van der Waals surface area contributed by atoms with E-state index < -0.39 is 0 Å². The van der Waals surface area contributed by atoms with Crippen molar-refractivity contribution in [3.8, 4) is 0 Å². The zero-order chi connectivity index (χ0) is 13.7. The van der Waals surface area contributed by atoms with E-state index in [1.165, 1.54) is 24.0 Å². The summed E-state index contributed by atoms with van der Waals surface area (Å²) in [5.74, 6) is 0. The van der Waals surface area contributed by atoms with Gasteiger partial charge in [0, 0.05) is 18.5 Å². The fourth-order valence-electron chi connectivity index (χ4n) is 2.32. The first kappa shape index (κ1) is 13.9. The number of benzene rings is 1. The van der Waals surface area contributed by atoms with Crippen molar-refractivity contribution in [3.05, 3.63) is 35.4 Å². The molecule has 1 fully saturated rings. The predicted molar refractivity (Wildman–Crippen MR) is 78.4 cm³/mol. The topological polar surface area (TPSA) is 41.1 Å². The maximum atomic E-state index is 11.7. The highest BCUT2D eigenvalue weighted by Gasteiger charge is 2.44. The van der Waals surface area contributed by atoms with Crippen molar-refractivity contribution in [1.82, 2.24) is 10.6 Å². The standard InChI is InChI=1S/C16H24N2O/c1-3-4-11-17-15(19)18-12-16(9-10-16)14-7-5-13(2)6-8-14/h5-8H,3-4,9-12H2,1-2H3,(H2,17,18,19). The Balaban J connectivity index is 1.82. The summed E-state index contributed by atoms with van der Waals surface area (Å²) in [6.45, 7) is 5.73. The minimum absolute atomic E-state index is 0.0353. The summed E-state index contributed by atoms with van der Waals surface area (Å²) in [6, 6.07) is 8.65.